The van der Waals surface area contributed by atoms with Crippen LogP contribution in [0.25, 0.3) is 0 Å². The number of unbranched alkanes of at least 4 members (excludes halogenated alkanes) is 2. The monoisotopic (exact) mass is 202 g/mol. The lowest BCUT2D eigenvalue weighted by Gasteiger charge is -1.92. The van der Waals surface area contributed by atoms with Gasteiger partial charge in [0.15, 0.2) is 0 Å². The van der Waals surface area contributed by atoms with Crippen molar-refractivity contribution in [1.82, 2.24) is 0 Å². The van der Waals surface area contributed by atoms with Crippen molar-refractivity contribution >= 4 is 12.6 Å². The van der Waals surface area contributed by atoms with E-state index in [1.54, 1.807) is 0 Å². The molecule has 0 aliphatic heterocycles. The van der Waals surface area contributed by atoms with Crippen molar-refractivity contribution in [2.75, 3.05) is 7.05 Å². The van der Waals surface area contributed by atoms with Crippen LogP contribution in [-0.4, -0.2) is 7.05 Å². The molecule has 0 bridgehead atoms. The summed E-state index contributed by atoms with van der Waals surface area (Å²) in [5, 5.41) is 8.63. The largest absolute Gasteiger partial charge is 0.333 e. The van der Waals surface area contributed by atoms with Crippen molar-refractivity contribution in [3.8, 4) is 5.40 Å². The van der Waals surface area contributed by atoms with Crippen molar-refractivity contribution in [2.45, 2.75) is 45.4 Å². The van der Waals surface area contributed by atoms with Crippen molar-refractivity contribution in [2.24, 2.45) is 11.7 Å². The Morgan fingerprint density at radius 1 is 1.38 bits per heavy atom. The number of nitrogens with zero attached hydrogens (tertiary/aromatic N) is 1. The Balaban J connectivity index is 0. The molecular weight excluding hydrogens is 180 g/mol. The molecule has 0 saturated heterocycles. The molecule has 0 unspecified atom stereocenters. The molecule has 2 N–H and O–H groups in total. The molecule has 0 aromatic carbocycles. The van der Waals surface area contributed by atoms with Gasteiger partial charge >= 0.3 is 0 Å². The highest BCUT2D eigenvalue weighted by Crippen LogP contribution is 2.33. The van der Waals surface area contributed by atoms with Crippen molar-refractivity contribution < 1.29 is 0 Å². The van der Waals surface area contributed by atoms with E-state index in [0.29, 0.717) is 0 Å². The second kappa shape index (κ2) is 14.3. The van der Waals surface area contributed by atoms with Gasteiger partial charge in [0, 0.05) is 0 Å². The minimum atomic E-state index is 1.15. The summed E-state index contributed by atoms with van der Waals surface area (Å²) in [4.78, 5) is 0. The summed E-state index contributed by atoms with van der Waals surface area (Å²) in [6.07, 6.45) is 8.91. The summed E-state index contributed by atoms with van der Waals surface area (Å²) in [5.74, 6) is 1.15. The van der Waals surface area contributed by atoms with Crippen LogP contribution >= 0.6 is 12.6 Å². The van der Waals surface area contributed by atoms with E-state index in [0.717, 1.165) is 5.92 Å². The maximum Gasteiger partial charge on any atom is 0.130 e. The lowest BCUT2D eigenvalue weighted by molar-refractivity contribution is 0.620. The van der Waals surface area contributed by atoms with Crippen molar-refractivity contribution in [3.63, 3.8) is 0 Å². The van der Waals surface area contributed by atoms with Gasteiger partial charge in [0.05, 0.1) is 0 Å². The second-order valence-corrected chi connectivity index (χ2v) is 3.24. The zero-order valence-electron chi connectivity index (χ0n) is 8.79. The van der Waals surface area contributed by atoms with E-state index in [1.165, 1.54) is 51.0 Å². The first-order chi connectivity index (χ1) is 6.35. The van der Waals surface area contributed by atoms with E-state index in [2.05, 4.69) is 25.3 Å². The van der Waals surface area contributed by atoms with E-state index < -0.39 is 0 Å². The maximum atomic E-state index is 7.18. The molecule has 1 fully saturated rings. The van der Waals surface area contributed by atoms with E-state index in [1.807, 2.05) is 0 Å². The molecule has 13 heavy (non-hydrogen) atoms. The first kappa shape index (κ1) is 15.3. The third kappa shape index (κ3) is 18.6. The molecule has 1 aliphatic rings. The Labute approximate surface area is 87.9 Å². The fraction of sp³-hybridized carbons (Fsp3) is 0.900. The van der Waals surface area contributed by atoms with Gasteiger partial charge in [-0.2, -0.15) is 5.26 Å². The zero-order chi connectivity index (χ0) is 10.5. The second-order valence-electron chi connectivity index (χ2n) is 3.04. The average Bonchev–Trinajstić information content (AvgIpc) is 2.94. The van der Waals surface area contributed by atoms with Crippen LogP contribution in [0.15, 0.2) is 0 Å². The van der Waals surface area contributed by atoms with E-state index in [4.69, 9.17) is 5.26 Å². The van der Waals surface area contributed by atoms with Crippen molar-refractivity contribution in [1.29, 1.82) is 5.26 Å². The van der Waals surface area contributed by atoms with E-state index in [9.17, 15) is 0 Å². The topological polar surface area (TPSA) is 49.8 Å². The number of nitrogens with two attached hydrogens (primary N) is 1. The Kier molecular flexibility index (Phi) is 16.8. The van der Waals surface area contributed by atoms with Crippen LogP contribution in [0, 0.1) is 16.6 Å². The molecule has 0 heterocycles. The first-order valence-corrected chi connectivity index (χ1v) is 5.40. The van der Waals surface area contributed by atoms with Gasteiger partial charge in [-0.1, -0.05) is 58.1 Å². The Morgan fingerprint density at radius 3 is 2.15 bits per heavy atom. The molecule has 78 valence electrons. The van der Waals surface area contributed by atoms with Gasteiger partial charge in [0.25, 0.3) is 0 Å². The molecule has 1 saturated carbocycles. The van der Waals surface area contributed by atoms with E-state index in [-0.39, 0.29) is 0 Å². The Bertz CT molecular complexity index is 117. The number of thiocyanates is 1. The predicted molar refractivity (Wildman–Crippen MR) is 61.6 cm³/mol. The Morgan fingerprint density at radius 2 is 1.85 bits per heavy atom. The summed E-state index contributed by atoms with van der Waals surface area (Å²) in [6, 6.07) is 0. The predicted octanol–water partition coefficient (Wildman–Crippen LogP) is 2.95. The van der Waals surface area contributed by atoms with Crippen molar-refractivity contribution in [3.05, 3.63) is 0 Å². The van der Waals surface area contributed by atoms with Gasteiger partial charge in [-0.15, -0.1) is 0 Å². The lowest BCUT2D eigenvalue weighted by Crippen LogP contribution is -1.75. The molecule has 0 aromatic rings. The summed E-state index contributed by atoms with van der Waals surface area (Å²) < 4.78 is 0. The molecule has 1 aliphatic carbocycles. The fourth-order valence-corrected chi connectivity index (χ4v) is 1.09. The molecule has 0 atom stereocenters. The molecular formula is C10H22N2S. The summed E-state index contributed by atoms with van der Waals surface area (Å²) in [6.45, 7) is 2.27. The third-order valence-corrected chi connectivity index (χ3v) is 1.91. The minimum absolute atomic E-state index is 1.15. The molecule has 1 rings (SSSR count). The highest BCUT2D eigenvalue weighted by atomic mass is 32.1. The smallest absolute Gasteiger partial charge is 0.130 e. The minimum Gasteiger partial charge on any atom is -0.333 e. The maximum absolute atomic E-state index is 7.18. The fourth-order valence-electron chi connectivity index (χ4n) is 1.09. The van der Waals surface area contributed by atoms with Gasteiger partial charge in [0.2, 0.25) is 0 Å². The van der Waals surface area contributed by atoms with Crippen LogP contribution < -0.4 is 5.73 Å². The molecule has 0 amide bonds. The molecule has 0 spiro atoms. The van der Waals surface area contributed by atoms with Crippen LogP contribution in [-0.2, 0) is 0 Å². The quantitative estimate of drug-likeness (QED) is 0.418. The number of nitriles is 1. The lowest BCUT2D eigenvalue weighted by atomic mass is 10.1. The van der Waals surface area contributed by atoms with Crippen LogP contribution in [0.4, 0.5) is 0 Å². The number of hydrogen-bond donors (Lipinski definition) is 2. The molecule has 3 heteroatoms. The SMILES string of the molecule is CCCCCC1CC1.CN.N#CS. The first-order valence-electron chi connectivity index (χ1n) is 4.96. The third-order valence-electron chi connectivity index (χ3n) is 1.91. The zero-order valence-corrected chi connectivity index (χ0v) is 9.69. The highest BCUT2D eigenvalue weighted by Gasteiger charge is 2.19. The van der Waals surface area contributed by atoms with Crippen LogP contribution in [0.3, 0.4) is 0 Å². The van der Waals surface area contributed by atoms with Gasteiger partial charge in [-0.05, 0) is 13.0 Å². The number of rotatable bonds is 4. The summed E-state index contributed by atoms with van der Waals surface area (Å²) >= 11 is 3.09. The molecule has 0 aromatic heterocycles. The van der Waals surface area contributed by atoms with Crippen LogP contribution in [0.2, 0.25) is 0 Å². The van der Waals surface area contributed by atoms with Gasteiger partial charge in [0.1, 0.15) is 5.40 Å². The average molecular weight is 202 g/mol. The standard InChI is InChI=1S/C8H16.CHNS.CH5N/c1-2-3-4-5-8-6-7-8;2-1-3;1-2/h8H,2-7H2,1H3;3H;2H2,1H3. The van der Waals surface area contributed by atoms with Gasteiger partial charge < -0.3 is 5.73 Å². The molecule has 2 nitrogen and oxygen atoms in total. The highest BCUT2D eigenvalue weighted by molar-refractivity contribution is 7.85. The number of thiol groups is 1. The van der Waals surface area contributed by atoms with Crippen LogP contribution in [0.1, 0.15) is 45.4 Å². The van der Waals surface area contributed by atoms with Gasteiger partial charge in [-0.3, -0.25) is 0 Å². The molecule has 0 radical (unpaired) electrons. The number of hydrogen-bond acceptors (Lipinski definition) is 3. The summed E-state index contributed by atoms with van der Waals surface area (Å²) in [7, 11) is 1.50. The normalized spacial score (nSPS) is 12.8. The van der Waals surface area contributed by atoms with Crippen LogP contribution in [0.5, 0.6) is 0 Å². The van der Waals surface area contributed by atoms with E-state index >= 15 is 0 Å². The van der Waals surface area contributed by atoms with Gasteiger partial charge in [-0.25, -0.2) is 0 Å². The Hall–Kier alpha value is -0.200. The summed E-state index contributed by atoms with van der Waals surface area (Å²) in [5.41, 5.74) is 4.50.